The van der Waals surface area contributed by atoms with Gasteiger partial charge in [-0.25, -0.2) is 0 Å². The Bertz CT molecular complexity index is 378. The second kappa shape index (κ2) is 11.5. The van der Waals surface area contributed by atoms with Crippen molar-refractivity contribution in [3.63, 3.8) is 0 Å². The van der Waals surface area contributed by atoms with E-state index < -0.39 is 0 Å². The maximum absolute atomic E-state index is 5.78. The second-order valence-corrected chi connectivity index (χ2v) is 5.18. The van der Waals surface area contributed by atoms with E-state index in [1.807, 2.05) is 19.9 Å². The van der Waals surface area contributed by atoms with Gasteiger partial charge in [0.2, 0.25) is 0 Å². The van der Waals surface area contributed by atoms with Crippen LogP contribution in [0.5, 0.6) is 0 Å². The van der Waals surface area contributed by atoms with Crippen molar-refractivity contribution >= 4 is 6.08 Å². The highest BCUT2D eigenvalue weighted by Gasteiger charge is 2.14. The smallest absolute Gasteiger partial charge is 0.180 e. The van der Waals surface area contributed by atoms with Gasteiger partial charge in [0.1, 0.15) is 0 Å². The monoisotopic (exact) mass is 290 g/mol. The molecule has 0 atom stereocenters. The molecule has 0 aliphatic heterocycles. The molecule has 2 heteroatoms. The van der Waals surface area contributed by atoms with Gasteiger partial charge in [-0.05, 0) is 37.8 Å². The van der Waals surface area contributed by atoms with Gasteiger partial charge in [-0.15, -0.1) is 0 Å². The van der Waals surface area contributed by atoms with E-state index >= 15 is 0 Å². The van der Waals surface area contributed by atoms with E-state index in [-0.39, 0.29) is 6.29 Å². The first kappa shape index (κ1) is 17.9. The molecule has 0 aliphatic carbocycles. The van der Waals surface area contributed by atoms with Crippen LogP contribution < -0.4 is 0 Å². The standard InChI is InChI=1S/C19H30O2/c1-4-7-8-12-15-18(19(20-5-2)21-6-3)16-17-13-10-9-11-14-17/h9-11,13-14,16,19H,4-8,12,15H2,1-3H3/b18-16+. The van der Waals surface area contributed by atoms with Crippen LogP contribution in [0.1, 0.15) is 58.4 Å². The van der Waals surface area contributed by atoms with Crippen molar-refractivity contribution in [3.8, 4) is 0 Å². The average Bonchev–Trinajstić information content (AvgIpc) is 2.51. The lowest BCUT2D eigenvalue weighted by molar-refractivity contribution is -0.112. The van der Waals surface area contributed by atoms with E-state index in [0.717, 1.165) is 6.42 Å². The molecule has 1 aromatic carbocycles. The highest BCUT2D eigenvalue weighted by molar-refractivity contribution is 5.53. The van der Waals surface area contributed by atoms with Crippen LogP contribution in [0.15, 0.2) is 35.9 Å². The van der Waals surface area contributed by atoms with Gasteiger partial charge in [0.05, 0.1) is 0 Å². The molecule has 0 saturated heterocycles. The summed E-state index contributed by atoms with van der Waals surface area (Å²) in [5.74, 6) is 0. The van der Waals surface area contributed by atoms with Crippen LogP contribution in [0.2, 0.25) is 0 Å². The number of benzene rings is 1. The molecule has 0 aromatic heterocycles. The summed E-state index contributed by atoms with van der Waals surface area (Å²) in [6.07, 6.45) is 8.09. The third-order valence-corrected chi connectivity index (χ3v) is 3.41. The Balaban J connectivity index is 2.78. The summed E-state index contributed by atoms with van der Waals surface area (Å²) >= 11 is 0. The minimum Gasteiger partial charge on any atom is -0.349 e. The molecule has 1 rings (SSSR count). The van der Waals surface area contributed by atoms with Gasteiger partial charge in [0.15, 0.2) is 6.29 Å². The predicted molar refractivity (Wildman–Crippen MR) is 90.2 cm³/mol. The van der Waals surface area contributed by atoms with E-state index in [9.17, 15) is 0 Å². The highest BCUT2D eigenvalue weighted by atomic mass is 16.7. The summed E-state index contributed by atoms with van der Waals surface area (Å²) in [5.41, 5.74) is 2.47. The summed E-state index contributed by atoms with van der Waals surface area (Å²) in [6.45, 7) is 7.62. The Morgan fingerprint density at radius 2 is 1.62 bits per heavy atom. The first-order valence-electron chi connectivity index (χ1n) is 8.30. The molecule has 0 bridgehead atoms. The first-order valence-corrected chi connectivity index (χ1v) is 8.30. The topological polar surface area (TPSA) is 18.5 Å². The van der Waals surface area contributed by atoms with Crippen molar-refractivity contribution in [1.29, 1.82) is 0 Å². The normalized spacial score (nSPS) is 12.1. The molecule has 0 fully saturated rings. The molecule has 21 heavy (non-hydrogen) atoms. The zero-order chi connectivity index (χ0) is 15.3. The van der Waals surface area contributed by atoms with Gasteiger partial charge in [-0.3, -0.25) is 0 Å². The molecule has 0 saturated carbocycles. The Morgan fingerprint density at radius 1 is 0.952 bits per heavy atom. The number of rotatable bonds is 11. The van der Waals surface area contributed by atoms with Gasteiger partial charge in [0.25, 0.3) is 0 Å². The van der Waals surface area contributed by atoms with Crippen molar-refractivity contribution < 1.29 is 9.47 Å². The van der Waals surface area contributed by atoms with Crippen LogP contribution in [-0.4, -0.2) is 19.5 Å². The van der Waals surface area contributed by atoms with Crippen LogP contribution in [0.25, 0.3) is 6.08 Å². The lowest BCUT2D eigenvalue weighted by Gasteiger charge is -2.20. The van der Waals surface area contributed by atoms with Crippen molar-refractivity contribution in [1.82, 2.24) is 0 Å². The molecule has 0 unspecified atom stereocenters. The number of ether oxygens (including phenoxy) is 2. The molecule has 0 spiro atoms. The highest BCUT2D eigenvalue weighted by Crippen LogP contribution is 2.21. The van der Waals surface area contributed by atoms with Gasteiger partial charge < -0.3 is 9.47 Å². The third kappa shape index (κ3) is 7.45. The van der Waals surface area contributed by atoms with E-state index in [2.05, 4.69) is 37.3 Å². The molecule has 2 nitrogen and oxygen atoms in total. The quantitative estimate of drug-likeness (QED) is 0.399. The van der Waals surface area contributed by atoms with Gasteiger partial charge in [-0.2, -0.15) is 0 Å². The lowest BCUT2D eigenvalue weighted by Crippen LogP contribution is -2.20. The van der Waals surface area contributed by atoms with Crippen LogP contribution in [0.4, 0.5) is 0 Å². The Labute approximate surface area is 130 Å². The fourth-order valence-electron chi connectivity index (χ4n) is 2.34. The molecule has 0 N–H and O–H groups in total. The summed E-state index contributed by atoms with van der Waals surface area (Å²) in [4.78, 5) is 0. The van der Waals surface area contributed by atoms with E-state index in [4.69, 9.17) is 9.47 Å². The fourth-order valence-corrected chi connectivity index (χ4v) is 2.34. The van der Waals surface area contributed by atoms with Crippen molar-refractivity contribution in [2.45, 2.75) is 59.2 Å². The minimum absolute atomic E-state index is 0.207. The predicted octanol–water partition coefficient (Wildman–Crippen LogP) is 5.44. The zero-order valence-electron chi connectivity index (χ0n) is 13.8. The molecule has 0 amide bonds. The largest absolute Gasteiger partial charge is 0.349 e. The van der Waals surface area contributed by atoms with Crippen LogP contribution >= 0.6 is 0 Å². The SMILES string of the molecule is CCCCCC/C(=C\c1ccccc1)C(OCC)OCC. The van der Waals surface area contributed by atoms with Crippen LogP contribution in [-0.2, 0) is 9.47 Å². The molecular weight excluding hydrogens is 260 g/mol. The molecule has 0 aliphatic rings. The Hall–Kier alpha value is -1.12. The van der Waals surface area contributed by atoms with Gasteiger partial charge in [0, 0.05) is 13.2 Å². The van der Waals surface area contributed by atoms with E-state index in [1.165, 1.54) is 36.8 Å². The summed E-state index contributed by atoms with van der Waals surface area (Å²) < 4.78 is 11.6. The fraction of sp³-hybridized carbons (Fsp3) is 0.579. The number of hydrogen-bond donors (Lipinski definition) is 0. The average molecular weight is 290 g/mol. The zero-order valence-corrected chi connectivity index (χ0v) is 13.8. The Kier molecular flexibility index (Phi) is 9.84. The van der Waals surface area contributed by atoms with Crippen molar-refractivity contribution in [2.75, 3.05) is 13.2 Å². The first-order chi connectivity index (χ1) is 10.3. The number of unbranched alkanes of at least 4 members (excludes halogenated alkanes) is 3. The maximum Gasteiger partial charge on any atom is 0.180 e. The van der Waals surface area contributed by atoms with Crippen molar-refractivity contribution in [2.24, 2.45) is 0 Å². The van der Waals surface area contributed by atoms with Gasteiger partial charge >= 0.3 is 0 Å². The van der Waals surface area contributed by atoms with E-state index in [0.29, 0.717) is 13.2 Å². The second-order valence-electron chi connectivity index (χ2n) is 5.18. The maximum atomic E-state index is 5.78. The third-order valence-electron chi connectivity index (χ3n) is 3.41. The molecular formula is C19H30O2. The summed E-state index contributed by atoms with van der Waals surface area (Å²) in [5, 5.41) is 0. The summed E-state index contributed by atoms with van der Waals surface area (Å²) in [7, 11) is 0. The molecule has 1 aromatic rings. The lowest BCUT2D eigenvalue weighted by atomic mass is 10.0. The van der Waals surface area contributed by atoms with Gasteiger partial charge in [-0.1, -0.05) is 62.6 Å². The molecule has 0 heterocycles. The Morgan fingerprint density at radius 3 is 2.19 bits per heavy atom. The molecule has 0 radical (unpaired) electrons. The van der Waals surface area contributed by atoms with Crippen LogP contribution in [0.3, 0.4) is 0 Å². The summed E-state index contributed by atoms with van der Waals surface area (Å²) in [6, 6.07) is 10.4. The van der Waals surface area contributed by atoms with Crippen molar-refractivity contribution in [3.05, 3.63) is 41.5 Å². The molecule has 118 valence electrons. The minimum atomic E-state index is -0.207. The number of hydrogen-bond acceptors (Lipinski definition) is 2. The van der Waals surface area contributed by atoms with Crippen LogP contribution in [0, 0.1) is 0 Å². The van der Waals surface area contributed by atoms with E-state index in [1.54, 1.807) is 0 Å².